The average molecular weight is 348 g/mol. The van der Waals surface area contributed by atoms with Crippen LogP contribution in [0.3, 0.4) is 0 Å². The molecule has 6 heteroatoms. The molecule has 0 atom stereocenters. The van der Waals surface area contributed by atoms with Gasteiger partial charge in [-0.3, -0.25) is 4.68 Å². The maximum Gasteiger partial charge on any atom is 0.194 e. The third kappa shape index (κ3) is 4.51. The Morgan fingerprint density at radius 1 is 1.38 bits per heavy atom. The smallest absolute Gasteiger partial charge is 0.194 e. The van der Waals surface area contributed by atoms with Crippen molar-refractivity contribution < 1.29 is 0 Å². The summed E-state index contributed by atoms with van der Waals surface area (Å²) >= 11 is 6.07. The van der Waals surface area contributed by atoms with Gasteiger partial charge < -0.3 is 10.2 Å². The summed E-state index contributed by atoms with van der Waals surface area (Å²) in [6, 6.07) is 7.91. The Morgan fingerprint density at radius 2 is 2.12 bits per heavy atom. The number of hydrogen-bond acceptors (Lipinski definition) is 2. The minimum Gasteiger partial charge on any atom is -0.357 e. The molecule has 0 aliphatic heterocycles. The molecule has 0 aliphatic carbocycles. The number of halogens is 1. The number of rotatable bonds is 5. The van der Waals surface area contributed by atoms with Gasteiger partial charge in [0.2, 0.25) is 0 Å². The van der Waals surface area contributed by atoms with E-state index in [-0.39, 0.29) is 0 Å². The Kier molecular flexibility index (Phi) is 6.26. The van der Waals surface area contributed by atoms with Crippen molar-refractivity contribution in [2.45, 2.75) is 33.9 Å². The number of aryl methyl sites for hydroxylation is 2. The molecule has 0 bridgehead atoms. The number of benzene rings is 1. The third-order valence-electron chi connectivity index (χ3n) is 4.05. The van der Waals surface area contributed by atoms with E-state index in [4.69, 9.17) is 16.6 Å². The lowest BCUT2D eigenvalue weighted by molar-refractivity contribution is 0.476. The number of guanidine groups is 1. The lowest BCUT2D eigenvalue weighted by Gasteiger charge is -2.22. The first-order valence-electron chi connectivity index (χ1n) is 8.15. The van der Waals surface area contributed by atoms with Gasteiger partial charge in [0.05, 0.1) is 12.2 Å². The van der Waals surface area contributed by atoms with Crippen LogP contribution in [0.4, 0.5) is 0 Å². The lowest BCUT2D eigenvalue weighted by Crippen LogP contribution is -2.38. The SMILES string of the molecule is CCNC(=NCc1c(C)nn(C)c1C)N(C)Cc1cccc(Cl)c1. The summed E-state index contributed by atoms with van der Waals surface area (Å²) in [5.74, 6) is 0.875. The molecule has 0 radical (unpaired) electrons. The Hall–Kier alpha value is -2.01. The third-order valence-corrected chi connectivity index (χ3v) is 4.29. The molecule has 0 saturated heterocycles. The molecule has 0 spiro atoms. The minimum atomic E-state index is 0.619. The molecule has 0 fully saturated rings. The Morgan fingerprint density at radius 3 is 2.71 bits per heavy atom. The van der Waals surface area contributed by atoms with Crippen LogP contribution in [0.25, 0.3) is 0 Å². The van der Waals surface area contributed by atoms with Gasteiger partial charge in [0, 0.05) is 43.5 Å². The van der Waals surface area contributed by atoms with Crippen molar-refractivity contribution in [2.24, 2.45) is 12.0 Å². The molecular weight excluding hydrogens is 322 g/mol. The average Bonchev–Trinajstić information content (AvgIpc) is 2.76. The van der Waals surface area contributed by atoms with Crippen LogP contribution in [0.2, 0.25) is 5.02 Å². The monoisotopic (exact) mass is 347 g/mol. The van der Waals surface area contributed by atoms with E-state index in [9.17, 15) is 0 Å². The fourth-order valence-corrected chi connectivity index (χ4v) is 2.87. The number of nitrogens with one attached hydrogen (secondary N) is 1. The van der Waals surface area contributed by atoms with E-state index in [1.807, 2.05) is 43.9 Å². The normalized spacial score (nSPS) is 11.7. The van der Waals surface area contributed by atoms with Crippen LogP contribution in [-0.4, -0.2) is 34.2 Å². The summed E-state index contributed by atoms with van der Waals surface area (Å²) in [4.78, 5) is 6.89. The first kappa shape index (κ1) is 18.3. The Balaban J connectivity index is 2.15. The van der Waals surface area contributed by atoms with Crippen LogP contribution in [-0.2, 0) is 20.1 Å². The highest BCUT2D eigenvalue weighted by atomic mass is 35.5. The van der Waals surface area contributed by atoms with E-state index < -0.39 is 0 Å². The van der Waals surface area contributed by atoms with E-state index in [1.165, 1.54) is 5.56 Å². The van der Waals surface area contributed by atoms with Gasteiger partial charge in [-0.05, 0) is 38.5 Å². The number of hydrogen-bond donors (Lipinski definition) is 1. The van der Waals surface area contributed by atoms with E-state index in [0.717, 1.165) is 41.0 Å². The lowest BCUT2D eigenvalue weighted by atomic mass is 10.2. The first-order valence-corrected chi connectivity index (χ1v) is 8.53. The van der Waals surface area contributed by atoms with Gasteiger partial charge >= 0.3 is 0 Å². The molecule has 5 nitrogen and oxygen atoms in total. The Labute approximate surface area is 149 Å². The maximum absolute atomic E-state index is 6.07. The van der Waals surface area contributed by atoms with Crippen molar-refractivity contribution in [2.75, 3.05) is 13.6 Å². The second-order valence-corrected chi connectivity index (χ2v) is 6.37. The maximum atomic E-state index is 6.07. The molecule has 1 aromatic heterocycles. The van der Waals surface area contributed by atoms with Crippen LogP contribution in [0, 0.1) is 13.8 Å². The molecule has 24 heavy (non-hydrogen) atoms. The van der Waals surface area contributed by atoms with Gasteiger partial charge in [0.25, 0.3) is 0 Å². The summed E-state index contributed by atoms with van der Waals surface area (Å²) in [7, 11) is 4.00. The molecule has 2 aromatic rings. The quantitative estimate of drug-likeness (QED) is 0.666. The van der Waals surface area contributed by atoms with Gasteiger partial charge in [-0.1, -0.05) is 23.7 Å². The van der Waals surface area contributed by atoms with Crippen molar-refractivity contribution >= 4 is 17.6 Å². The van der Waals surface area contributed by atoms with E-state index in [0.29, 0.717) is 6.54 Å². The van der Waals surface area contributed by atoms with Crippen LogP contribution in [0.15, 0.2) is 29.3 Å². The zero-order valence-electron chi connectivity index (χ0n) is 15.1. The van der Waals surface area contributed by atoms with Crippen molar-refractivity contribution in [3.8, 4) is 0 Å². The molecule has 0 unspecified atom stereocenters. The fourth-order valence-electron chi connectivity index (χ4n) is 2.65. The van der Waals surface area contributed by atoms with Crippen molar-refractivity contribution in [3.63, 3.8) is 0 Å². The second-order valence-electron chi connectivity index (χ2n) is 5.93. The highest BCUT2D eigenvalue weighted by Gasteiger charge is 2.11. The summed E-state index contributed by atoms with van der Waals surface area (Å²) in [5, 5.41) is 8.56. The summed E-state index contributed by atoms with van der Waals surface area (Å²) in [6.45, 7) is 8.37. The predicted molar refractivity (Wildman–Crippen MR) is 100 cm³/mol. The molecule has 1 aromatic carbocycles. The number of nitrogens with zero attached hydrogens (tertiary/aromatic N) is 4. The second kappa shape index (κ2) is 8.20. The van der Waals surface area contributed by atoms with Gasteiger partial charge in [-0.25, -0.2) is 4.99 Å². The van der Waals surface area contributed by atoms with Crippen molar-refractivity contribution in [1.82, 2.24) is 20.0 Å². The summed E-state index contributed by atoms with van der Waals surface area (Å²) < 4.78 is 1.91. The van der Waals surface area contributed by atoms with Crippen LogP contribution in [0.1, 0.15) is 29.4 Å². The van der Waals surface area contributed by atoms with Gasteiger partial charge in [0.1, 0.15) is 0 Å². The van der Waals surface area contributed by atoms with E-state index >= 15 is 0 Å². The van der Waals surface area contributed by atoms with E-state index in [1.54, 1.807) is 0 Å². The summed E-state index contributed by atoms with van der Waals surface area (Å²) in [5.41, 5.74) is 4.53. The highest BCUT2D eigenvalue weighted by molar-refractivity contribution is 6.30. The molecule has 2 rings (SSSR count). The zero-order chi connectivity index (χ0) is 17.7. The van der Waals surface area contributed by atoms with Crippen LogP contribution >= 0.6 is 11.6 Å². The molecule has 0 saturated carbocycles. The van der Waals surface area contributed by atoms with E-state index in [2.05, 4.69) is 35.2 Å². The predicted octanol–water partition coefficient (Wildman–Crippen LogP) is 3.29. The fraction of sp³-hybridized carbons (Fsp3) is 0.444. The van der Waals surface area contributed by atoms with Crippen LogP contribution < -0.4 is 5.32 Å². The zero-order valence-corrected chi connectivity index (χ0v) is 15.9. The molecule has 130 valence electrons. The highest BCUT2D eigenvalue weighted by Crippen LogP contribution is 2.14. The minimum absolute atomic E-state index is 0.619. The molecule has 1 N–H and O–H groups in total. The number of aliphatic imine (C=N–C) groups is 1. The molecule has 1 heterocycles. The standard InChI is InChI=1S/C18H26ClN5/c1-6-20-18(21-11-17-13(2)22-24(5)14(17)3)23(4)12-15-8-7-9-16(19)10-15/h7-10H,6,11-12H2,1-5H3,(H,20,21). The van der Waals surface area contributed by atoms with Gasteiger partial charge in [0.15, 0.2) is 5.96 Å². The Bertz CT molecular complexity index is 720. The first-order chi connectivity index (χ1) is 11.4. The van der Waals surface area contributed by atoms with Crippen molar-refractivity contribution in [3.05, 3.63) is 51.8 Å². The van der Waals surface area contributed by atoms with Crippen molar-refractivity contribution in [1.29, 1.82) is 0 Å². The molecule has 0 aliphatic rings. The molecule has 0 amide bonds. The number of aromatic nitrogens is 2. The summed E-state index contributed by atoms with van der Waals surface area (Å²) in [6.07, 6.45) is 0. The largest absolute Gasteiger partial charge is 0.357 e. The molecular formula is C18H26ClN5. The van der Waals surface area contributed by atoms with Gasteiger partial charge in [-0.15, -0.1) is 0 Å². The van der Waals surface area contributed by atoms with Crippen LogP contribution in [0.5, 0.6) is 0 Å². The topological polar surface area (TPSA) is 45.5 Å². The van der Waals surface area contributed by atoms with Gasteiger partial charge in [-0.2, -0.15) is 5.10 Å².